The molecular formula is C15H27N3. The van der Waals surface area contributed by atoms with Crippen molar-refractivity contribution in [3.8, 4) is 0 Å². The molecule has 1 aromatic heterocycles. The molecule has 3 nitrogen and oxygen atoms in total. The predicted molar refractivity (Wildman–Crippen MR) is 78.2 cm³/mol. The molecule has 1 rings (SSSR count). The zero-order valence-electron chi connectivity index (χ0n) is 12.7. The second kappa shape index (κ2) is 6.72. The van der Waals surface area contributed by atoms with E-state index in [1.165, 1.54) is 11.3 Å². The topological polar surface area (TPSA) is 37.8 Å². The Hall–Kier alpha value is -1.12. The number of nitrogens with one attached hydrogen (secondary N) is 1. The van der Waals surface area contributed by atoms with Crippen LogP contribution in [0, 0.1) is 12.8 Å². The van der Waals surface area contributed by atoms with Crippen molar-refractivity contribution in [1.82, 2.24) is 9.97 Å². The molecule has 0 saturated carbocycles. The van der Waals surface area contributed by atoms with Crippen LogP contribution < -0.4 is 5.32 Å². The van der Waals surface area contributed by atoms with Gasteiger partial charge in [0, 0.05) is 23.7 Å². The minimum atomic E-state index is 0.374. The van der Waals surface area contributed by atoms with Crippen LogP contribution in [-0.2, 0) is 6.42 Å². The molecule has 0 aliphatic carbocycles. The lowest BCUT2D eigenvalue weighted by molar-refractivity contribution is 0.622. The monoisotopic (exact) mass is 249 g/mol. The molecule has 0 atom stereocenters. The first-order valence-corrected chi connectivity index (χ1v) is 7.06. The Kier molecular flexibility index (Phi) is 5.57. The lowest BCUT2D eigenvalue weighted by atomic mass is 10.0. The van der Waals surface area contributed by atoms with E-state index in [1.54, 1.807) is 0 Å². The molecule has 18 heavy (non-hydrogen) atoms. The Labute approximate surface area is 111 Å². The normalized spacial score (nSPS) is 11.3. The SMILES string of the molecule is CCCNc1nc(C(C)C)nc(CC(C)C)c1C. The van der Waals surface area contributed by atoms with Crippen molar-refractivity contribution in [3.05, 3.63) is 17.1 Å². The Morgan fingerprint density at radius 3 is 2.28 bits per heavy atom. The molecule has 0 aliphatic rings. The van der Waals surface area contributed by atoms with Gasteiger partial charge < -0.3 is 5.32 Å². The van der Waals surface area contributed by atoms with Crippen LogP contribution in [0.5, 0.6) is 0 Å². The van der Waals surface area contributed by atoms with Gasteiger partial charge in [-0.2, -0.15) is 0 Å². The van der Waals surface area contributed by atoms with Crippen molar-refractivity contribution in [2.24, 2.45) is 5.92 Å². The maximum atomic E-state index is 4.73. The largest absolute Gasteiger partial charge is 0.370 e. The molecule has 3 heteroatoms. The molecule has 0 aliphatic heterocycles. The van der Waals surface area contributed by atoms with E-state index in [2.05, 4.69) is 51.8 Å². The third-order valence-electron chi connectivity index (χ3n) is 2.92. The molecule has 0 spiro atoms. The van der Waals surface area contributed by atoms with Crippen LogP contribution in [0.3, 0.4) is 0 Å². The van der Waals surface area contributed by atoms with Crippen molar-refractivity contribution in [2.45, 2.75) is 60.3 Å². The van der Waals surface area contributed by atoms with Gasteiger partial charge in [-0.3, -0.25) is 0 Å². The summed E-state index contributed by atoms with van der Waals surface area (Å²) in [5, 5.41) is 3.42. The van der Waals surface area contributed by atoms with Gasteiger partial charge in [-0.15, -0.1) is 0 Å². The molecular weight excluding hydrogens is 222 g/mol. The van der Waals surface area contributed by atoms with E-state index < -0.39 is 0 Å². The zero-order valence-corrected chi connectivity index (χ0v) is 12.7. The minimum Gasteiger partial charge on any atom is -0.370 e. The third-order valence-corrected chi connectivity index (χ3v) is 2.92. The summed E-state index contributed by atoms with van der Waals surface area (Å²) in [6.45, 7) is 14.0. The fourth-order valence-electron chi connectivity index (χ4n) is 1.84. The minimum absolute atomic E-state index is 0.374. The quantitative estimate of drug-likeness (QED) is 0.830. The number of nitrogens with zero attached hydrogens (tertiary/aromatic N) is 2. The van der Waals surface area contributed by atoms with E-state index in [0.717, 1.165) is 31.0 Å². The first kappa shape index (κ1) is 14.9. The number of rotatable bonds is 6. The molecule has 0 amide bonds. The molecule has 0 aromatic carbocycles. The van der Waals surface area contributed by atoms with E-state index in [4.69, 9.17) is 4.98 Å². The smallest absolute Gasteiger partial charge is 0.133 e. The van der Waals surface area contributed by atoms with Crippen molar-refractivity contribution in [3.63, 3.8) is 0 Å². The van der Waals surface area contributed by atoms with Crippen LogP contribution in [0.1, 0.15) is 64.0 Å². The Morgan fingerprint density at radius 2 is 1.78 bits per heavy atom. The van der Waals surface area contributed by atoms with Crippen LogP contribution in [0.15, 0.2) is 0 Å². The van der Waals surface area contributed by atoms with Crippen molar-refractivity contribution in [1.29, 1.82) is 0 Å². The second-order valence-electron chi connectivity index (χ2n) is 5.68. The highest BCUT2D eigenvalue weighted by molar-refractivity contribution is 5.46. The summed E-state index contributed by atoms with van der Waals surface area (Å²) in [5.74, 6) is 2.97. The maximum absolute atomic E-state index is 4.73. The molecule has 0 fully saturated rings. The summed E-state index contributed by atoms with van der Waals surface area (Å²) in [5.41, 5.74) is 2.41. The fourth-order valence-corrected chi connectivity index (χ4v) is 1.84. The number of hydrogen-bond acceptors (Lipinski definition) is 3. The molecule has 0 unspecified atom stereocenters. The van der Waals surface area contributed by atoms with Crippen LogP contribution in [0.25, 0.3) is 0 Å². The molecule has 1 aromatic rings. The fraction of sp³-hybridized carbons (Fsp3) is 0.733. The molecule has 0 radical (unpaired) electrons. The van der Waals surface area contributed by atoms with E-state index in [-0.39, 0.29) is 0 Å². The maximum Gasteiger partial charge on any atom is 0.133 e. The Bertz CT molecular complexity index is 384. The van der Waals surface area contributed by atoms with Crippen molar-refractivity contribution in [2.75, 3.05) is 11.9 Å². The zero-order chi connectivity index (χ0) is 13.7. The van der Waals surface area contributed by atoms with Gasteiger partial charge in [0.15, 0.2) is 0 Å². The lowest BCUT2D eigenvalue weighted by Crippen LogP contribution is -2.12. The third kappa shape index (κ3) is 3.97. The average Bonchev–Trinajstić information content (AvgIpc) is 2.29. The van der Waals surface area contributed by atoms with E-state index in [0.29, 0.717) is 11.8 Å². The summed E-state index contributed by atoms with van der Waals surface area (Å²) in [7, 11) is 0. The van der Waals surface area contributed by atoms with Crippen LogP contribution in [0.2, 0.25) is 0 Å². The standard InChI is InChI=1S/C15H27N3/c1-7-8-16-15-12(6)13(9-10(2)3)17-14(18-15)11(4)5/h10-11H,7-9H2,1-6H3,(H,16,17,18). The van der Waals surface area contributed by atoms with Gasteiger partial charge in [-0.1, -0.05) is 34.6 Å². The van der Waals surface area contributed by atoms with Crippen molar-refractivity contribution < 1.29 is 0 Å². The van der Waals surface area contributed by atoms with E-state index >= 15 is 0 Å². The highest BCUT2D eigenvalue weighted by Gasteiger charge is 2.13. The molecule has 0 saturated heterocycles. The highest BCUT2D eigenvalue weighted by Crippen LogP contribution is 2.21. The van der Waals surface area contributed by atoms with Crippen molar-refractivity contribution >= 4 is 5.82 Å². The van der Waals surface area contributed by atoms with Crippen LogP contribution >= 0.6 is 0 Å². The first-order valence-electron chi connectivity index (χ1n) is 7.06. The second-order valence-corrected chi connectivity index (χ2v) is 5.68. The highest BCUT2D eigenvalue weighted by atomic mass is 15.0. The first-order chi connectivity index (χ1) is 8.45. The molecule has 1 heterocycles. The van der Waals surface area contributed by atoms with Gasteiger partial charge in [-0.25, -0.2) is 9.97 Å². The summed E-state index contributed by atoms with van der Waals surface area (Å²) >= 11 is 0. The summed E-state index contributed by atoms with van der Waals surface area (Å²) in [6.07, 6.45) is 2.13. The van der Waals surface area contributed by atoms with Crippen LogP contribution in [0.4, 0.5) is 5.82 Å². The summed E-state index contributed by atoms with van der Waals surface area (Å²) < 4.78 is 0. The predicted octanol–water partition coefficient (Wildman–Crippen LogP) is 3.93. The van der Waals surface area contributed by atoms with Crippen LogP contribution in [-0.4, -0.2) is 16.5 Å². The number of hydrogen-bond donors (Lipinski definition) is 1. The van der Waals surface area contributed by atoms with Gasteiger partial charge in [0.2, 0.25) is 0 Å². The molecule has 0 bridgehead atoms. The summed E-state index contributed by atoms with van der Waals surface area (Å²) in [4.78, 5) is 9.38. The van der Waals surface area contributed by atoms with Gasteiger partial charge in [-0.05, 0) is 25.7 Å². The van der Waals surface area contributed by atoms with Gasteiger partial charge in [0.05, 0.1) is 0 Å². The van der Waals surface area contributed by atoms with E-state index in [1.807, 2.05) is 0 Å². The van der Waals surface area contributed by atoms with Gasteiger partial charge in [0.25, 0.3) is 0 Å². The number of anilines is 1. The van der Waals surface area contributed by atoms with Gasteiger partial charge >= 0.3 is 0 Å². The lowest BCUT2D eigenvalue weighted by Gasteiger charge is -2.16. The molecule has 102 valence electrons. The summed E-state index contributed by atoms with van der Waals surface area (Å²) in [6, 6.07) is 0. The molecule has 1 N–H and O–H groups in total. The average molecular weight is 249 g/mol. The van der Waals surface area contributed by atoms with E-state index in [9.17, 15) is 0 Å². The number of aromatic nitrogens is 2. The Balaban J connectivity index is 3.11. The van der Waals surface area contributed by atoms with Gasteiger partial charge in [0.1, 0.15) is 11.6 Å². The Morgan fingerprint density at radius 1 is 1.11 bits per heavy atom.